The summed E-state index contributed by atoms with van der Waals surface area (Å²) in [6, 6.07) is 13.2. The Kier molecular flexibility index (Phi) is 4.44. The van der Waals surface area contributed by atoms with Gasteiger partial charge < -0.3 is 10.6 Å². The molecule has 140 valence electrons. The van der Waals surface area contributed by atoms with E-state index in [0.29, 0.717) is 28.5 Å². The predicted octanol–water partition coefficient (Wildman–Crippen LogP) is 4.32. The van der Waals surface area contributed by atoms with E-state index in [1.54, 1.807) is 12.1 Å². The van der Waals surface area contributed by atoms with Crippen LogP contribution in [0.2, 0.25) is 0 Å². The molecule has 0 aliphatic carbocycles. The molecule has 28 heavy (non-hydrogen) atoms. The molecule has 0 saturated carbocycles. The third-order valence-corrected chi connectivity index (χ3v) is 4.44. The van der Waals surface area contributed by atoms with E-state index in [2.05, 4.69) is 37.8 Å². The van der Waals surface area contributed by atoms with E-state index in [1.807, 2.05) is 37.3 Å². The summed E-state index contributed by atoms with van der Waals surface area (Å²) in [6.45, 7) is 5.64. The number of aromatic nitrogens is 4. The summed E-state index contributed by atoms with van der Waals surface area (Å²) in [6.07, 6.45) is 0. The fourth-order valence-corrected chi connectivity index (χ4v) is 2.69. The Morgan fingerprint density at radius 2 is 1.39 bits per heavy atom. The second-order valence-electron chi connectivity index (χ2n) is 6.51. The normalized spacial score (nSPS) is 10.8. The van der Waals surface area contributed by atoms with Crippen LogP contribution >= 0.6 is 0 Å². The number of hydrogen-bond acceptors (Lipinski definition) is 8. The van der Waals surface area contributed by atoms with Crippen molar-refractivity contribution >= 4 is 40.1 Å². The Morgan fingerprint density at radius 1 is 0.821 bits per heavy atom. The van der Waals surface area contributed by atoms with E-state index in [0.717, 1.165) is 16.9 Å². The summed E-state index contributed by atoms with van der Waals surface area (Å²) < 4.78 is 4.73. The van der Waals surface area contributed by atoms with E-state index in [9.17, 15) is 4.79 Å². The zero-order valence-corrected chi connectivity index (χ0v) is 15.6. The van der Waals surface area contributed by atoms with Crippen LogP contribution in [0, 0.1) is 13.8 Å². The highest BCUT2D eigenvalue weighted by atomic mass is 16.6. The first-order valence-electron chi connectivity index (χ1n) is 8.72. The van der Waals surface area contributed by atoms with Crippen LogP contribution in [-0.2, 0) is 0 Å². The maximum atomic E-state index is 11.5. The summed E-state index contributed by atoms with van der Waals surface area (Å²) in [4.78, 5) is 20.4. The first-order chi connectivity index (χ1) is 13.5. The fraction of sp³-hybridized carbons (Fsp3) is 0.150. The molecule has 0 spiro atoms. The number of ketones is 1. The van der Waals surface area contributed by atoms with Crippen molar-refractivity contribution in [3.63, 3.8) is 0 Å². The van der Waals surface area contributed by atoms with Gasteiger partial charge in [-0.05, 0) is 78.6 Å². The van der Waals surface area contributed by atoms with Gasteiger partial charge >= 0.3 is 0 Å². The molecule has 2 heterocycles. The quantitative estimate of drug-likeness (QED) is 0.498. The minimum atomic E-state index is 0.0125. The van der Waals surface area contributed by atoms with Gasteiger partial charge in [0.15, 0.2) is 17.4 Å². The molecule has 0 unspecified atom stereocenters. The summed E-state index contributed by atoms with van der Waals surface area (Å²) in [5.41, 5.74) is 5.26. The van der Waals surface area contributed by atoms with E-state index in [4.69, 9.17) is 4.63 Å². The van der Waals surface area contributed by atoms with Crippen LogP contribution in [0.1, 0.15) is 28.4 Å². The van der Waals surface area contributed by atoms with Gasteiger partial charge in [0.05, 0.1) is 0 Å². The molecule has 2 N–H and O–H groups in total. The molecule has 2 aromatic heterocycles. The molecule has 0 fully saturated rings. The molecule has 0 aliphatic heterocycles. The minimum Gasteiger partial charge on any atom is -0.337 e. The Bertz CT molecular complexity index is 1170. The molecule has 0 radical (unpaired) electrons. The first-order valence-corrected chi connectivity index (χ1v) is 8.72. The van der Waals surface area contributed by atoms with Crippen molar-refractivity contribution in [3.05, 3.63) is 59.2 Å². The fourth-order valence-electron chi connectivity index (χ4n) is 2.69. The Morgan fingerprint density at radius 3 is 1.96 bits per heavy atom. The average Bonchev–Trinajstić information content (AvgIpc) is 3.12. The molecule has 8 nitrogen and oxygen atoms in total. The van der Waals surface area contributed by atoms with Gasteiger partial charge in [-0.2, -0.15) is 0 Å². The summed E-state index contributed by atoms with van der Waals surface area (Å²) in [7, 11) is 0. The summed E-state index contributed by atoms with van der Waals surface area (Å²) in [5, 5.41) is 14.0. The number of fused-ring (bicyclic) bond motifs is 1. The molecule has 8 heteroatoms. The maximum Gasteiger partial charge on any atom is 0.245 e. The van der Waals surface area contributed by atoms with Gasteiger partial charge in [0.1, 0.15) is 0 Å². The van der Waals surface area contributed by atoms with Crippen LogP contribution in [0.4, 0.5) is 23.0 Å². The smallest absolute Gasteiger partial charge is 0.245 e. The molecular weight excluding hydrogens is 356 g/mol. The van der Waals surface area contributed by atoms with Gasteiger partial charge in [0.25, 0.3) is 0 Å². The topological polar surface area (TPSA) is 106 Å². The molecule has 0 amide bonds. The molecule has 4 rings (SSSR count). The highest BCUT2D eigenvalue weighted by Gasteiger charge is 2.14. The van der Waals surface area contributed by atoms with Gasteiger partial charge in [-0.1, -0.05) is 6.07 Å². The maximum absolute atomic E-state index is 11.5. The van der Waals surface area contributed by atoms with Gasteiger partial charge in [0.2, 0.25) is 11.3 Å². The lowest BCUT2D eigenvalue weighted by molar-refractivity contribution is 0.101. The molecule has 0 saturated heterocycles. The van der Waals surface area contributed by atoms with Crippen molar-refractivity contribution in [2.24, 2.45) is 0 Å². The highest BCUT2D eigenvalue weighted by molar-refractivity contribution is 5.94. The Hall–Kier alpha value is -3.81. The van der Waals surface area contributed by atoms with Crippen LogP contribution in [0.5, 0.6) is 0 Å². The van der Waals surface area contributed by atoms with Crippen LogP contribution in [0.15, 0.2) is 47.1 Å². The lowest BCUT2D eigenvalue weighted by Gasteiger charge is -2.13. The number of hydrogen-bond donors (Lipinski definition) is 2. The largest absolute Gasteiger partial charge is 0.337 e. The van der Waals surface area contributed by atoms with Crippen molar-refractivity contribution in [3.8, 4) is 0 Å². The number of rotatable bonds is 5. The van der Waals surface area contributed by atoms with Gasteiger partial charge in [-0.3, -0.25) is 4.79 Å². The average molecular weight is 374 g/mol. The number of nitrogens with zero attached hydrogens (tertiary/aromatic N) is 4. The predicted molar refractivity (Wildman–Crippen MR) is 106 cm³/mol. The SMILES string of the molecule is CC(=O)c1ccc(Nc2nc3nonc3nc2Nc2ccc(C)c(C)c2)cc1. The lowest BCUT2D eigenvalue weighted by Crippen LogP contribution is -2.04. The molecule has 4 aromatic rings. The van der Waals surface area contributed by atoms with Crippen LogP contribution in [-0.4, -0.2) is 26.1 Å². The number of nitrogens with one attached hydrogen (secondary N) is 2. The first kappa shape index (κ1) is 17.6. The lowest BCUT2D eigenvalue weighted by atomic mass is 10.1. The molecule has 0 bridgehead atoms. The van der Waals surface area contributed by atoms with E-state index < -0.39 is 0 Å². The van der Waals surface area contributed by atoms with E-state index in [-0.39, 0.29) is 5.78 Å². The molecule has 2 aromatic carbocycles. The third-order valence-electron chi connectivity index (χ3n) is 4.44. The van der Waals surface area contributed by atoms with Gasteiger partial charge in [-0.15, -0.1) is 0 Å². The van der Waals surface area contributed by atoms with Crippen molar-refractivity contribution in [1.29, 1.82) is 0 Å². The monoisotopic (exact) mass is 374 g/mol. The second kappa shape index (κ2) is 7.07. The van der Waals surface area contributed by atoms with Crippen molar-refractivity contribution in [1.82, 2.24) is 20.3 Å². The number of carbonyl (C=O) groups excluding carboxylic acids is 1. The van der Waals surface area contributed by atoms with Crippen LogP contribution in [0.25, 0.3) is 11.3 Å². The number of benzene rings is 2. The van der Waals surface area contributed by atoms with Crippen molar-refractivity contribution < 1.29 is 9.42 Å². The van der Waals surface area contributed by atoms with Crippen molar-refractivity contribution in [2.45, 2.75) is 20.8 Å². The van der Waals surface area contributed by atoms with Crippen molar-refractivity contribution in [2.75, 3.05) is 10.6 Å². The Balaban J connectivity index is 1.70. The summed E-state index contributed by atoms with van der Waals surface area (Å²) in [5.74, 6) is 0.970. The second-order valence-corrected chi connectivity index (χ2v) is 6.51. The standard InChI is InChI=1S/C20H18N6O2/c1-11-4-7-16(10-12(11)2)22-18-17(23-19-20(24-18)26-28-25-19)21-15-8-5-14(6-9-15)13(3)27/h4-10H,1-3H3,(H,21,23,25)(H,22,24,26). The van der Waals surface area contributed by atoms with E-state index >= 15 is 0 Å². The number of aryl methyl sites for hydroxylation is 2. The van der Waals surface area contributed by atoms with E-state index in [1.165, 1.54) is 12.5 Å². The Labute approximate surface area is 161 Å². The van der Waals surface area contributed by atoms with Gasteiger partial charge in [-0.25, -0.2) is 14.6 Å². The third kappa shape index (κ3) is 3.52. The minimum absolute atomic E-state index is 0.0125. The molecule has 0 aliphatic rings. The number of anilines is 4. The zero-order valence-electron chi connectivity index (χ0n) is 15.6. The number of carbonyl (C=O) groups is 1. The highest BCUT2D eigenvalue weighted by Crippen LogP contribution is 2.27. The molecular formula is C20H18N6O2. The van der Waals surface area contributed by atoms with Gasteiger partial charge in [0, 0.05) is 16.9 Å². The van der Waals surface area contributed by atoms with Crippen LogP contribution in [0.3, 0.4) is 0 Å². The molecule has 0 atom stereocenters. The zero-order chi connectivity index (χ0) is 19.7. The van der Waals surface area contributed by atoms with Crippen LogP contribution < -0.4 is 10.6 Å². The number of Topliss-reactive ketones (excluding diaryl/α,β-unsaturated/α-hetero) is 1. The summed E-state index contributed by atoms with van der Waals surface area (Å²) >= 11 is 0.